The van der Waals surface area contributed by atoms with Gasteiger partial charge in [0.25, 0.3) is 5.91 Å². The molecule has 2 aromatic heterocycles. The SMILES string of the molecule is CCOc1cccc(N2C(=O)C(O)=C(C(=O)c3cccs3)C2c2ccc(C)o2)c1. The number of Topliss-reactive ketones (excluding diaryl/α,β-unsaturated/α-hetero) is 1. The highest BCUT2D eigenvalue weighted by molar-refractivity contribution is 7.12. The van der Waals surface area contributed by atoms with Gasteiger partial charge in [-0.05, 0) is 49.6 Å². The number of carbonyl (C=O) groups is 2. The Morgan fingerprint density at radius 3 is 2.72 bits per heavy atom. The highest BCUT2D eigenvalue weighted by atomic mass is 32.1. The van der Waals surface area contributed by atoms with E-state index in [0.717, 1.165) is 0 Å². The zero-order valence-corrected chi connectivity index (χ0v) is 16.7. The molecule has 7 heteroatoms. The second-order valence-electron chi connectivity index (χ2n) is 6.53. The lowest BCUT2D eigenvalue weighted by Gasteiger charge is -2.25. The Balaban J connectivity index is 1.85. The van der Waals surface area contributed by atoms with Crippen molar-refractivity contribution in [2.45, 2.75) is 19.9 Å². The summed E-state index contributed by atoms with van der Waals surface area (Å²) in [5.74, 6) is 0.0198. The summed E-state index contributed by atoms with van der Waals surface area (Å²) in [6, 6.07) is 13.0. The van der Waals surface area contributed by atoms with Crippen molar-refractivity contribution in [3.05, 3.63) is 81.6 Å². The van der Waals surface area contributed by atoms with Crippen LogP contribution in [0.15, 0.2) is 69.7 Å². The fourth-order valence-corrected chi connectivity index (χ4v) is 4.08. The van der Waals surface area contributed by atoms with E-state index in [-0.39, 0.29) is 5.57 Å². The van der Waals surface area contributed by atoms with E-state index in [1.165, 1.54) is 16.2 Å². The average Bonchev–Trinajstić information content (AvgIpc) is 3.43. The van der Waals surface area contributed by atoms with Crippen LogP contribution in [0.4, 0.5) is 5.69 Å². The maximum atomic E-state index is 13.1. The normalized spacial score (nSPS) is 16.6. The smallest absolute Gasteiger partial charge is 0.294 e. The Morgan fingerprint density at radius 1 is 1.24 bits per heavy atom. The van der Waals surface area contributed by atoms with Gasteiger partial charge < -0.3 is 14.3 Å². The molecular weight excluding hydrogens is 390 g/mol. The van der Waals surface area contributed by atoms with Crippen molar-refractivity contribution in [2.24, 2.45) is 0 Å². The van der Waals surface area contributed by atoms with Crippen molar-refractivity contribution in [1.29, 1.82) is 0 Å². The Kier molecular flexibility index (Phi) is 4.98. The van der Waals surface area contributed by atoms with E-state index < -0.39 is 23.5 Å². The van der Waals surface area contributed by atoms with Crippen molar-refractivity contribution in [1.82, 2.24) is 0 Å². The molecule has 1 aromatic carbocycles. The quantitative estimate of drug-likeness (QED) is 0.590. The molecule has 0 radical (unpaired) electrons. The van der Waals surface area contributed by atoms with E-state index in [9.17, 15) is 14.7 Å². The van der Waals surface area contributed by atoms with Crippen LogP contribution in [0.5, 0.6) is 5.75 Å². The number of anilines is 1. The molecule has 4 rings (SSSR count). The molecule has 1 unspecified atom stereocenters. The van der Waals surface area contributed by atoms with E-state index >= 15 is 0 Å². The third-order valence-corrected chi connectivity index (χ3v) is 5.50. The predicted molar refractivity (Wildman–Crippen MR) is 110 cm³/mol. The van der Waals surface area contributed by atoms with Crippen molar-refractivity contribution >= 4 is 28.7 Å². The van der Waals surface area contributed by atoms with Crippen LogP contribution in [-0.2, 0) is 4.79 Å². The van der Waals surface area contributed by atoms with Gasteiger partial charge >= 0.3 is 0 Å². The molecule has 6 nitrogen and oxygen atoms in total. The van der Waals surface area contributed by atoms with Gasteiger partial charge in [-0.1, -0.05) is 12.1 Å². The van der Waals surface area contributed by atoms with E-state index in [4.69, 9.17) is 9.15 Å². The van der Waals surface area contributed by atoms with Crippen LogP contribution >= 0.6 is 11.3 Å². The summed E-state index contributed by atoms with van der Waals surface area (Å²) < 4.78 is 11.3. The van der Waals surface area contributed by atoms with Gasteiger partial charge in [0, 0.05) is 11.8 Å². The number of furan rings is 1. The van der Waals surface area contributed by atoms with Crippen molar-refractivity contribution < 1.29 is 23.8 Å². The predicted octanol–water partition coefficient (Wildman–Crippen LogP) is 4.83. The lowest BCUT2D eigenvalue weighted by molar-refractivity contribution is -0.117. The molecule has 0 fully saturated rings. The maximum Gasteiger partial charge on any atom is 0.294 e. The summed E-state index contributed by atoms with van der Waals surface area (Å²) in [6.07, 6.45) is 0. The van der Waals surface area contributed by atoms with Gasteiger partial charge in [0.1, 0.15) is 23.3 Å². The van der Waals surface area contributed by atoms with E-state index in [1.54, 1.807) is 60.8 Å². The van der Waals surface area contributed by atoms with Gasteiger partial charge in [-0.2, -0.15) is 0 Å². The van der Waals surface area contributed by atoms with Crippen LogP contribution in [0.3, 0.4) is 0 Å². The largest absolute Gasteiger partial charge is 0.503 e. The van der Waals surface area contributed by atoms with Crippen LogP contribution in [-0.4, -0.2) is 23.4 Å². The second kappa shape index (κ2) is 7.60. The molecule has 0 aliphatic carbocycles. The number of amides is 1. The molecule has 3 aromatic rings. The summed E-state index contributed by atoms with van der Waals surface area (Å²) in [7, 11) is 0. The summed E-state index contributed by atoms with van der Waals surface area (Å²) >= 11 is 1.25. The summed E-state index contributed by atoms with van der Waals surface area (Å²) in [5, 5.41) is 12.4. The monoisotopic (exact) mass is 409 g/mol. The molecular formula is C22H19NO5S. The Morgan fingerprint density at radius 2 is 2.07 bits per heavy atom. The fraction of sp³-hybridized carbons (Fsp3) is 0.182. The van der Waals surface area contributed by atoms with Crippen LogP contribution in [0.25, 0.3) is 0 Å². The van der Waals surface area contributed by atoms with Gasteiger partial charge in [0.2, 0.25) is 5.78 Å². The third kappa shape index (κ3) is 3.34. The van der Waals surface area contributed by atoms with Crippen LogP contribution in [0.2, 0.25) is 0 Å². The maximum absolute atomic E-state index is 13.1. The molecule has 0 bridgehead atoms. The highest BCUT2D eigenvalue weighted by Gasteiger charge is 2.46. The first-order valence-corrected chi connectivity index (χ1v) is 10.0. The van der Waals surface area contributed by atoms with Crippen molar-refractivity contribution in [3.63, 3.8) is 0 Å². The number of ketones is 1. The molecule has 0 saturated heterocycles. The molecule has 1 atom stereocenters. The minimum absolute atomic E-state index is 0.00797. The van der Waals surface area contributed by atoms with Gasteiger partial charge in [-0.25, -0.2) is 0 Å². The minimum Gasteiger partial charge on any atom is -0.503 e. The van der Waals surface area contributed by atoms with Gasteiger partial charge in [0.05, 0.1) is 17.1 Å². The first-order chi connectivity index (χ1) is 14.0. The minimum atomic E-state index is -0.873. The van der Waals surface area contributed by atoms with Crippen LogP contribution < -0.4 is 9.64 Å². The first kappa shape index (κ1) is 19.0. The molecule has 29 heavy (non-hydrogen) atoms. The van der Waals surface area contributed by atoms with Gasteiger partial charge in [0.15, 0.2) is 5.76 Å². The number of aliphatic hydroxyl groups excluding tert-OH is 1. The molecule has 1 amide bonds. The lowest BCUT2D eigenvalue weighted by atomic mass is 10.00. The zero-order valence-electron chi connectivity index (χ0n) is 15.9. The number of nitrogens with zero attached hydrogens (tertiary/aromatic N) is 1. The number of aryl methyl sites for hydroxylation is 1. The standard InChI is InChI=1S/C22H19NO5S/c1-3-27-15-7-4-6-14(12-15)23-19(16-10-9-13(2)28-16)18(21(25)22(23)26)20(24)17-8-5-11-29-17/h4-12,19,25H,3H2,1-2H3. The molecule has 0 spiro atoms. The zero-order chi connectivity index (χ0) is 20.5. The molecule has 1 aliphatic heterocycles. The van der Waals surface area contributed by atoms with Crippen molar-refractivity contribution in [3.8, 4) is 5.75 Å². The third-order valence-electron chi connectivity index (χ3n) is 4.64. The number of carbonyl (C=O) groups excluding carboxylic acids is 2. The fourth-order valence-electron chi connectivity index (χ4n) is 3.40. The molecule has 148 valence electrons. The summed E-state index contributed by atoms with van der Waals surface area (Å²) in [4.78, 5) is 28.0. The van der Waals surface area contributed by atoms with E-state index in [2.05, 4.69) is 0 Å². The second-order valence-corrected chi connectivity index (χ2v) is 7.47. The Hall–Kier alpha value is -3.32. The number of rotatable bonds is 6. The number of hydrogen-bond donors (Lipinski definition) is 1. The number of thiophene rings is 1. The van der Waals surface area contributed by atoms with E-state index in [1.807, 2.05) is 6.92 Å². The number of hydrogen-bond acceptors (Lipinski definition) is 6. The average molecular weight is 409 g/mol. The molecule has 1 aliphatic rings. The van der Waals surface area contributed by atoms with Gasteiger partial charge in [-0.3, -0.25) is 14.5 Å². The Bertz CT molecular complexity index is 1100. The van der Waals surface area contributed by atoms with E-state index in [0.29, 0.717) is 34.4 Å². The topological polar surface area (TPSA) is 80.0 Å². The highest BCUT2D eigenvalue weighted by Crippen LogP contribution is 2.43. The Labute approximate surface area is 171 Å². The lowest BCUT2D eigenvalue weighted by Crippen LogP contribution is -2.30. The van der Waals surface area contributed by atoms with Crippen LogP contribution in [0, 0.1) is 6.92 Å². The number of aliphatic hydroxyl groups is 1. The summed E-state index contributed by atoms with van der Waals surface area (Å²) in [6.45, 7) is 4.13. The van der Waals surface area contributed by atoms with Crippen molar-refractivity contribution in [2.75, 3.05) is 11.5 Å². The molecule has 1 N–H and O–H groups in total. The number of benzene rings is 1. The summed E-state index contributed by atoms with van der Waals surface area (Å²) in [5.41, 5.74) is 0.508. The van der Waals surface area contributed by atoms with Gasteiger partial charge in [-0.15, -0.1) is 11.3 Å². The number of ether oxygens (including phenoxy) is 1. The first-order valence-electron chi connectivity index (χ1n) is 9.15. The molecule has 3 heterocycles. The molecule has 0 saturated carbocycles. The van der Waals surface area contributed by atoms with Crippen LogP contribution in [0.1, 0.15) is 34.2 Å².